The number of hydrogen-bond acceptors (Lipinski definition) is 4. The molecule has 1 aromatic carbocycles. The number of nitrogens with zero attached hydrogens (tertiary/aromatic N) is 1. The van der Waals surface area contributed by atoms with Crippen molar-refractivity contribution in [1.82, 2.24) is 4.31 Å². The molecule has 0 aromatic heterocycles. The van der Waals surface area contributed by atoms with Gasteiger partial charge in [-0.3, -0.25) is 0 Å². The molecule has 118 valence electrons. The highest BCUT2D eigenvalue weighted by molar-refractivity contribution is 7.89. The Bertz CT molecular complexity index is 595. The molecule has 2 atom stereocenters. The number of rotatable bonds is 4. The molecule has 0 saturated carbocycles. The number of sulfonamides is 1. The summed E-state index contributed by atoms with van der Waals surface area (Å²) in [6, 6.07) is 4.97. The van der Waals surface area contributed by atoms with Gasteiger partial charge in [0.1, 0.15) is 10.6 Å². The highest BCUT2D eigenvalue weighted by Gasteiger charge is 2.34. The van der Waals surface area contributed by atoms with E-state index in [-0.39, 0.29) is 23.0 Å². The van der Waals surface area contributed by atoms with Crippen molar-refractivity contribution in [2.24, 2.45) is 0 Å². The van der Waals surface area contributed by atoms with E-state index in [2.05, 4.69) is 0 Å². The average Bonchev–Trinajstić information content (AvgIpc) is 2.45. The van der Waals surface area contributed by atoms with Gasteiger partial charge >= 0.3 is 0 Å². The molecule has 0 amide bonds. The van der Waals surface area contributed by atoms with Crippen molar-refractivity contribution in [1.29, 1.82) is 0 Å². The quantitative estimate of drug-likeness (QED) is 0.793. The van der Waals surface area contributed by atoms with Crippen LogP contribution in [-0.4, -0.2) is 45.1 Å². The number of alkyl halides is 1. The highest BCUT2D eigenvalue weighted by atomic mass is 35.5. The van der Waals surface area contributed by atoms with E-state index in [0.29, 0.717) is 18.8 Å². The number of ether oxygens (including phenoxy) is 2. The van der Waals surface area contributed by atoms with Gasteiger partial charge in [0.25, 0.3) is 0 Å². The van der Waals surface area contributed by atoms with Gasteiger partial charge < -0.3 is 9.47 Å². The van der Waals surface area contributed by atoms with E-state index in [1.165, 1.54) is 11.4 Å². The molecule has 21 heavy (non-hydrogen) atoms. The van der Waals surface area contributed by atoms with Crippen molar-refractivity contribution >= 4 is 21.6 Å². The van der Waals surface area contributed by atoms with Gasteiger partial charge in [0.15, 0.2) is 0 Å². The summed E-state index contributed by atoms with van der Waals surface area (Å²) in [5, 5.41) is 0. The van der Waals surface area contributed by atoms with Crippen LogP contribution in [0.3, 0.4) is 0 Å². The minimum absolute atomic E-state index is 0.134. The minimum atomic E-state index is -3.63. The molecule has 1 aliphatic heterocycles. The maximum atomic E-state index is 12.9. The second kappa shape index (κ2) is 6.52. The first-order valence-electron chi connectivity index (χ1n) is 6.77. The van der Waals surface area contributed by atoms with Crippen molar-refractivity contribution < 1.29 is 17.9 Å². The number of benzene rings is 1. The molecule has 2 rings (SSSR count). The van der Waals surface area contributed by atoms with Gasteiger partial charge in [-0.05, 0) is 31.5 Å². The molecule has 0 aliphatic carbocycles. The molecule has 0 spiro atoms. The second-order valence-electron chi connectivity index (χ2n) is 5.20. The van der Waals surface area contributed by atoms with Gasteiger partial charge in [-0.15, -0.1) is 11.6 Å². The zero-order valence-corrected chi connectivity index (χ0v) is 13.9. The predicted octanol–water partition coefficient (Wildman–Crippen LogP) is 2.23. The Balaban J connectivity index is 2.43. The van der Waals surface area contributed by atoms with Gasteiger partial charge in [-0.2, -0.15) is 4.31 Å². The van der Waals surface area contributed by atoms with Crippen LogP contribution in [0.4, 0.5) is 0 Å². The summed E-state index contributed by atoms with van der Waals surface area (Å²) < 4.78 is 38.0. The molecule has 5 nitrogen and oxygen atoms in total. The predicted molar refractivity (Wildman–Crippen MR) is 81.3 cm³/mol. The maximum absolute atomic E-state index is 12.9. The lowest BCUT2D eigenvalue weighted by atomic mass is 10.2. The van der Waals surface area contributed by atoms with Crippen LogP contribution in [0.5, 0.6) is 5.75 Å². The fraction of sp³-hybridized carbons (Fsp3) is 0.571. The molecule has 1 heterocycles. The lowest BCUT2D eigenvalue weighted by Gasteiger charge is -2.34. The Morgan fingerprint density at radius 1 is 1.33 bits per heavy atom. The van der Waals surface area contributed by atoms with Gasteiger partial charge in [0.2, 0.25) is 10.0 Å². The Labute approximate surface area is 130 Å². The van der Waals surface area contributed by atoms with Gasteiger partial charge in [-0.25, -0.2) is 8.42 Å². The topological polar surface area (TPSA) is 55.8 Å². The SMILES string of the molecule is COc1ccc(CCl)cc1S(=O)(=O)N1C[C@@H](C)O[C@@H](C)C1. The average molecular weight is 334 g/mol. The van der Waals surface area contributed by atoms with Gasteiger partial charge in [0, 0.05) is 19.0 Å². The van der Waals surface area contributed by atoms with Crippen LogP contribution in [0.15, 0.2) is 23.1 Å². The van der Waals surface area contributed by atoms with Gasteiger partial charge in [-0.1, -0.05) is 6.07 Å². The Hall–Kier alpha value is -0.820. The molecule has 1 fully saturated rings. The van der Waals surface area contributed by atoms with Crippen LogP contribution in [0.25, 0.3) is 0 Å². The van der Waals surface area contributed by atoms with Gasteiger partial charge in [0.05, 0.1) is 19.3 Å². The monoisotopic (exact) mass is 333 g/mol. The van der Waals surface area contributed by atoms with Crippen LogP contribution in [0.2, 0.25) is 0 Å². The third-order valence-corrected chi connectivity index (χ3v) is 5.55. The molecule has 0 N–H and O–H groups in total. The lowest BCUT2D eigenvalue weighted by molar-refractivity contribution is -0.0441. The second-order valence-corrected chi connectivity index (χ2v) is 7.37. The van der Waals surface area contributed by atoms with E-state index in [1.54, 1.807) is 18.2 Å². The van der Waals surface area contributed by atoms with Crippen molar-refractivity contribution in [3.05, 3.63) is 23.8 Å². The number of halogens is 1. The third kappa shape index (κ3) is 3.51. The fourth-order valence-corrected chi connectivity index (χ4v) is 4.43. The fourth-order valence-electron chi connectivity index (χ4n) is 2.47. The first-order valence-corrected chi connectivity index (χ1v) is 8.74. The Morgan fingerprint density at radius 3 is 2.48 bits per heavy atom. The normalized spacial score (nSPS) is 24.0. The molecule has 7 heteroatoms. The summed E-state index contributed by atoms with van der Waals surface area (Å²) in [5.74, 6) is 0.582. The summed E-state index contributed by atoms with van der Waals surface area (Å²) in [7, 11) is -2.18. The van der Waals surface area contributed by atoms with Crippen molar-refractivity contribution in [3.63, 3.8) is 0 Å². The molecular weight excluding hydrogens is 314 g/mol. The zero-order chi connectivity index (χ0) is 15.6. The third-order valence-electron chi connectivity index (χ3n) is 3.39. The molecule has 1 saturated heterocycles. The number of methoxy groups -OCH3 is 1. The lowest BCUT2D eigenvalue weighted by Crippen LogP contribution is -2.48. The summed E-state index contributed by atoms with van der Waals surface area (Å²) in [5.41, 5.74) is 0.741. The largest absolute Gasteiger partial charge is 0.495 e. The number of morpholine rings is 1. The minimum Gasteiger partial charge on any atom is -0.495 e. The standard InChI is InChI=1S/C14H20ClNO4S/c1-10-8-16(9-11(2)20-10)21(17,18)14-6-12(7-15)4-5-13(14)19-3/h4-6,10-11H,7-9H2,1-3H3/t10-,11+. The van der Waals surface area contributed by atoms with E-state index < -0.39 is 10.0 Å². The Morgan fingerprint density at radius 2 is 1.95 bits per heavy atom. The van der Waals surface area contributed by atoms with Crippen molar-refractivity contribution in [2.45, 2.75) is 36.8 Å². The first kappa shape index (κ1) is 16.5. The van der Waals surface area contributed by atoms with Crippen LogP contribution in [0, 0.1) is 0 Å². The van der Waals surface area contributed by atoms with Crippen LogP contribution >= 0.6 is 11.6 Å². The summed E-state index contributed by atoms with van der Waals surface area (Å²) >= 11 is 5.81. The van der Waals surface area contributed by atoms with Crippen LogP contribution in [-0.2, 0) is 20.6 Å². The van der Waals surface area contributed by atoms with E-state index >= 15 is 0 Å². The van der Waals surface area contributed by atoms with Crippen molar-refractivity contribution in [2.75, 3.05) is 20.2 Å². The summed E-state index contributed by atoms with van der Waals surface area (Å²) in [6.45, 7) is 4.40. The Kier molecular flexibility index (Phi) is 5.14. The molecular formula is C14H20ClNO4S. The zero-order valence-electron chi connectivity index (χ0n) is 12.4. The molecule has 0 unspecified atom stereocenters. The van der Waals surface area contributed by atoms with E-state index in [1.807, 2.05) is 13.8 Å². The van der Waals surface area contributed by atoms with E-state index in [9.17, 15) is 8.42 Å². The first-order chi connectivity index (χ1) is 9.88. The van der Waals surface area contributed by atoms with Crippen LogP contribution in [0.1, 0.15) is 19.4 Å². The molecule has 1 aliphatic rings. The molecule has 0 bridgehead atoms. The maximum Gasteiger partial charge on any atom is 0.246 e. The van der Waals surface area contributed by atoms with Crippen LogP contribution < -0.4 is 4.74 Å². The molecule has 0 radical (unpaired) electrons. The van der Waals surface area contributed by atoms with E-state index in [0.717, 1.165) is 5.56 Å². The van der Waals surface area contributed by atoms with Crippen molar-refractivity contribution in [3.8, 4) is 5.75 Å². The molecule has 1 aromatic rings. The number of hydrogen-bond donors (Lipinski definition) is 0. The van der Waals surface area contributed by atoms with E-state index in [4.69, 9.17) is 21.1 Å². The smallest absolute Gasteiger partial charge is 0.246 e. The summed E-state index contributed by atoms with van der Waals surface area (Å²) in [4.78, 5) is 0.157. The summed E-state index contributed by atoms with van der Waals surface area (Å²) in [6.07, 6.45) is -0.267. The highest BCUT2D eigenvalue weighted by Crippen LogP contribution is 2.30.